The molecule has 4 N–H and O–H groups in total. The maximum Gasteiger partial charge on any atom is 0.362 e. The number of hydrogen-bond acceptors (Lipinski definition) is 5. The van der Waals surface area contributed by atoms with Crippen LogP contribution in [-0.2, 0) is 15.1 Å². The first-order valence-electron chi connectivity index (χ1n) is 6.98. The van der Waals surface area contributed by atoms with Gasteiger partial charge in [-0.2, -0.15) is 8.42 Å². The molecule has 2 fully saturated rings. The number of likely N-dealkylation sites (tertiary alicyclic amines) is 1. The highest BCUT2D eigenvalue weighted by atomic mass is 32.2. The summed E-state index contributed by atoms with van der Waals surface area (Å²) < 4.78 is 31.7. The van der Waals surface area contributed by atoms with Crippen molar-refractivity contribution < 1.29 is 27.4 Å². The van der Waals surface area contributed by atoms with E-state index in [-0.39, 0.29) is 18.5 Å². The quantitative estimate of drug-likeness (QED) is 0.487. The smallest absolute Gasteiger partial charge is 0.362 e. The van der Waals surface area contributed by atoms with Crippen LogP contribution in [0.15, 0.2) is 24.3 Å². The van der Waals surface area contributed by atoms with Crippen molar-refractivity contribution in [3.8, 4) is 0 Å². The fourth-order valence-corrected chi connectivity index (χ4v) is 3.89. The molecule has 24 heavy (non-hydrogen) atoms. The van der Waals surface area contributed by atoms with E-state index in [1.165, 1.54) is 23.1 Å². The molecule has 2 saturated heterocycles. The first-order chi connectivity index (χ1) is 11.2. The Morgan fingerprint density at radius 2 is 2.04 bits per heavy atom. The number of urea groups is 1. The number of nitrogens with zero attached hydrogens (tertiary/aromatic N) is 2. The van der Waals surface area contributed by atoms with E-state index in [1.807, 2.05) is 0 Å². The predicted octanol–water partition coefficient (Wildman–Crippen LogP) is -0.595. The first kappa shape index (κ1) is 16.2. The van der Waals surface area contributed by atoms with Crippen molar-refractivity contribution in [2.75, 3.05) is 11.9 Å². The van der Waals surface area contributed by atoms with E-state index in [0.29, 0.717) is 9.99 Å². The number of nitrogens with two attached hydrogens (primary N) is 1. The lowest BCUT2D eigenvalue weighted by Crippen LogP contribution is -2.68. The largest absolute Gasteiger partial charge is 0.366 e. The Labute approximate surface area is 137 Å². The van der Waals surface area contributed by atoms with Gasteiger partial charge in [0.1, 0.15) is 6.04 Å². The van der Waals surface area contributed by atoms with Crippen LogP contribution >= 0.6 is 0 Å². The maximum atomic E-state index is 12.3. The van der Waals surface area contributed by atoms with E-state index in [0.717, 1.165) is 0 Å². The van der Waals surface area contributed by atoms with Crippen LogP contribution in [0.1, 0.15) is 16.8 Å². The second-order valence-electron chi connectivity index (χ2n) is 5.48. The predicted molar refractivity (Wildman–Crippen MR) is 81.3 cm³/mol. The highest BCUT2D eigenvalue weighted by Crippen LogP contribution is 2.35. The lowest BCUT2D eigenvalue weighted by Gasteiger charge is -2.42. The van der Waals surface area contributed by atoms with Crippen LogP contribution in [0.2, 0.25) is 0 Å². The zero-order chi connectivity index (χ0) is 17.6. The molecule has 0 radical (unpaired) electrons. The third-order valence-electron chi connectivity index (χ3n) is 4.05. The van der Waals surface area contributed by atoms with Crippen LogP contribution in [0.4, 0.5) is 10.5 Å². The third-order valence-corrected chi connectivity index (χ3v) is 4.99. The van der Waals surface area contributed by atoms with Gasteiger partial charge in [-0.25, -0.2) is 9.10 Å². The first-order valence-corrected chi connectivity index (χ1v) is 8.38. The zero-order valence-corrected chi connectivity index (χ0v) is 13.1. The average Bonchev–Trinajstić information content (AvgIpc) is 2.84. The van der Waals surface area contributed by atoms with Gasteiger partial charge in [-0.05, 0) is 24.6 Å². The number of amides is 4. The number of anilines is 1. The number of carbonyl (C=O) groups excluding carboxylic acids is 3. The van der Waals surface area contributed by atoms with E-state index >= 15 is 0 Å². The summed E-state index contributed by atoms with van der Waals surface area (Å²) in [6, 6.07) is 3.68. The van der Waals surface area contributed by atoms with Crippen molar-refractivity contribution in [3.63, 3.8) is 0 Å². The van der Waals surface area contributed by atoms with Gasteiger partial charge in [-0.15, -0.1) is 0 Å². The van der Waals surface area contributed by atoms with Gasteiger partial charge in [-0.1, -0.05) is 6.07 Å². The van der Waals surface area contributed by atoms with Gasteiger partial charge < -0.3 is 16.0 Å². The summed E-state index contributed by atoms with van der Waals surface area (Å²) in [6.45, 7) is 0.161. The molecule has 4 amide bonds. The van der Waals surface area contributed by atoms with Gasteiger partial charge in [0.25, 0.3) is 5.91 Å². The van der Waals surface area contributed by atoms with E-state index in [2.05, 4.69) is 5.32 Å². The van der Waals surface area contributed by atoms with Gasteiger partial charge >= 0.3 is 16.3 Å². The minimum Gasteiger partial charge on any atom is -0.366 e. The molecule has 3 rings (SSSR count). The minimum atomic E-state index is -4.62. The van der Waals surface area contributed by atoms with Crippen LogP contribution < -0.4 is 11.1 Å². The Morgan fingerprint density at radius 1 is 1.33 bits per heavy atom. The van der Waals surface area contributed by atoms with Crippen LogP contribution in [0.5, 0.6) is 0 Å². The van der Waals surface area contributed by atoms with Gasteiger partial charge in [0.05, 0.1) is 6.04 Å². The second-order valence-corrected chi connectivity index (χ2v) is 6.77. The molecule has 2 aliphatic rings. The summed E-state index contributed by atoms with van der Waals surface area (Å²) in [5, 5.41) is 2.53. The normalized spacial score (nSPS) is 22.8. The molecular weight excluding hydrogens is 340 g/mol. The highest BCUT2D eigenvalue weighted by Gasteiger charge is 2.60. The van der Waals surface area contributed by atoms with E-state index < -0.39 is 40.2 Å². The van der Waals surface area contributed by atoms with E-state index in [1.54, 1.807) is 6.07 Å². The number of benzene rings is 1. The van der Waals surface area contributed by atoms with Crippen LogP contribution in [0.25, 0.3) is 0 Å². The molecule has 11 heteroatoms. The lowest BCUT2D eigenvalue weighted by atomic mass is 10.0. The molecular formula is C13H14N4O6S. The average molecular weight is 354 g/mol. The molecule has 10 nitrogen and oxygen atoms in total. The monoisotopic (exact) mass is 354 g/mol. The summed E-state index contributed by atoms with van der Waals surface area (Å²) in [7, 11) is -4.62. The summed E-state index contributed by atoms with van der Waals surface area (Å²) in [5.41, 5.74) is 5.70. The number of primary amides is 1. The van der Waals surface area contributed by atoms with E-state index in [4.69, 9.17) is 10.3 Å². The molecule has 2 atom stereocenters. The Hall–Kier alpha value is -2.66. The SMILES string of the molecule is NC(=O)c1cccc(NC(=O)N2CC[C@@H]3[C@H]2C(=O)N3S(=O)(=O)O)c1. The Balaban J connectivity index is 1.73. The Morgan fingerprint density at radius 3 is 2.67 bits per heavy atom. The van der Waals surface area contributed by atoms with Crippen molar-refractivity contribution >= 4 is 33.8 Å². The third kappa shape index (κ3) is 2.57. The van der Waals surface area contributed by atoms with E-state index in [9.17, 15) is 22.8 Å². The molecule has 2 aliphatic heterocycles. The molecule has 0 aliphatic carbocycles. The van der Waals surface area contributed by atoms with Gasteiger partial charge in [0.2, 0.25) is 5.91 Å². The standard InChI is InChI=1S/C13H14N4O6S/c14-11(18)7-2-1-3-8(6-7)15-13(20)16-5-4-9-10(16)12(19)17(9)24(21,22)23/h1-3,6,9-10H,4-5H2,(H2,14,18)(H,15,20)(H,21,22,23)/t9-,10+/m1/s1. The van der Waals surface area contributed by atoms with Crippen LogP contribution in [0, 0.1) is 0 Å². The molecule has 0 bridgehead atoms. The topological polar surface area (TPSA) is 150 Å². The number of fused-ring (bicyclic) bond motifs is 1. The van der Waals surface area contributed by atoms with Crippen molar-refractivity contribution in [1.82, 2.24) is 9.21 Å². The van der Waals surface area contributed by atoms with Gasteiger partial charge in [0.15, 0.2) is 0 Å². The van der Waals surface area contributed by atoms with Crippen molar-refractivity contribution in [1.29, 1.82) is 0 Å². The fourth-order valence-electron chi connectivity index (χ4n) is 2.99. The number of β-lactam (4-membered cyclic amide) rings is 1. The fraction of sp³-hybridized carbons (Fsp3) is 0.308. The number of rotatable bonds is 3. The molecule has 0 unspecified atom stereocenters. The number of hydrogen-bond donors (Lipinski definition) is 3. The second kappa shape index (κ2) is 5.46. The summed E-state index contributed by atoms with van der Waals surface area (Å²) >= 11 is 0. The van der Waals surface area contributed by atoms with Gasteiger partial charge in [0, 0.05) is 17.8 Å². The lowest BCUT2D eigenvalue weighted by molar-refractivity contribution is -0.143. The molecule has 1 aromatic rings. The highest BCUT2D eigenvalue weighted by molar-refractivity contribution is 7.84. The van der Waals surface area contributed by atoms with Crippen molar-refractivity contribution in [2.45, 2.75) is 18.5 Å². The molecule has 0 aromatic heterocycles. The summed E-state index contributed by atoms with van der Waals surface area (Å²) in [6.07, 6.45) is 0.241. The molecule has 0 saturated carbocycles. The zero-order valence-electron chi connectivity index (χ0n) is 12.2. The van der Waals surface area contributed by atoms with Crippen LogP contribution in [-0.4, -0.2) is 58.6 Å². The molecule has 0 spiro atoms. The minimum absolute atomic E-state index is 0.161. The molecule has 1 aromatic carbocycles. The Bertz CT molecular complexity index is 839. The molecule has 2 heterocycles. The van der Waals surface area contributed by atoms with Gasteiger partial charge in [-0.3, -0.25) is 14.1 Å². The van der Waals surface area contributed by atoms with Crippen molar-refractivity contribution in [2.24, 2.45) is 5.73 Å². The van der Waals surface area contributed by atoms with Crippen LogP contribution in [0.3, 0.4) is 0 Å². The number of carbonyl (C=O) groups is 3. The number of nitrogens with one attached hydrogen (secondary N) is 1. The van der Waals surface area contributed by atoms with Crippen molar-refractivity contribution in [3.05, 3.63) is 29.8 Å². The summed E-state index contributed by atoms with van der Waals surface area (Å²) in [4.78, 5) is 36.5. The maximum absolute atomic E-state index is 12.3. The summed E-state index contributed by atoms with van der Waals surface area (Å²) in [5.74, 6) is -1.49. The molecule has 128 valence electrons. The Kier molecular flexibility index (Phi) is 3.68.